The predicted octanol–water partition coefficient (Wildman–Crippen LogP) is 4.63. The molecule has 5 nitrogen and oxygen atoms in total. The fraction of sp³-hybridized carbons (Fsp3) is 0.381. The van der Waals surface area contributed by atoms with Crippen LogP contribution >= 0.6 is 15.9 Å². The van der Waals surface area contributed by atoms with Gasteiger partial charge in [0.15, 0.2) is 11.5 Å². The topological polar surface area (TPSA) is 67.8 Å². The number of ether oxygens (including phenoxy) is 2. The molecule has 2 aromatic rings. The lowest BCUT2D eigenvalue weighted by molar-refractivity contribution is -0.140. The highest BCUT2D eigenvalue weighted by atomic mass is 79.9. The van der Waals surface area contributed by atoms with Gasteiger partial charge in [0.1, 0.15) is 12.6 Å². The number of carboxylic acids is 1. The molecular formula is C21H26BrNO4. The van der Waals surface area contributed by atoms with Crippen LogP contribution in [-0.4, -0.2) is 24.2 Å². The van der Waals surface area contributed by atoms with E-state index in [9.17, 15) is 9.90 Å². The van der Waals surface area contributed by atoms with Gasteiger partial charge >= 0.3 is 5.97 Å². The maximum Gasteiger partial charge on any atom is 0.320 e. The molecule has 6 heteroatoms. The van der Waals surface area contributed by atoms with Crippen LogP contribution in [0, 0.1) is 5.92 Å². The summed E-state index contributed by atoms with van der Waals surface area (Å²) in [5.41, 5.74) is 1.89. The number of hydrogen-bond donors (Lipinski definition) is 2. The van der Waals surface area contributed by atoms with Crippen LogP contribution in [0.15, 0.2) is 46.9 Å². The average Bonchev–Trinajstić information content (AvgIpc) is 2.64. The van der Waals surface area contributed by atoms with Gasteiger partial charge in [-0.25, -0.2) is 0 Å². The zero-order valence-electron chi connectivity index (χ0n) is 15.9. The maximum absolute atomic E-state index is 11.5. The number of hydrogen-bond acceptors (Lipinski definition) is 4. The van der Waals surface area contributed by atoms with Crippen LogP contribution < -0.4 is 14.8 Å². The van der Waals surface area contributed by atoms with Crippen molar-refractivity contribution in [1.29, 1.82) is 0 Å². The molecule has 146 valence electrons. The number of rotatable bonds is 10. The van der Waals surface area contributed by atoms with Gasteiger partial charge < -0.3 is 19.9 Å². The molecule has 0 aliphatic carbocycles. The van der Waals surface area contributed by atoms with Crippen LogP contribution in [0.4, 0.5) is 0 Å². The first-order chi connectivity index (χ1) is 12.9. The fourth-order valence-corrected chi connectivity index (χ4v) is 3.26. The van der Waals surface area contributed by atoms with Crippen molar-refractivity contribution in [3.05, 3.63) is 58.1 Å². The average molecular weight is 436 g/mol. The van der Waals surface area contributed by atoms with Crippen LogP contribution in [0.3, 0.4) is 0 Å². The standard InChI is InChI=1S/C21H26BrNO4/c1-14(2)9-18(21(24)25)23-12-16-10-17(22)11-19(26-3)20(16)27-13-15-7-5-4-6-8-15/h4-8,10-11,14,18,23H,9,12-13H2,1-3H3,(H,24,25). The van der Waals surface area contributed by atoms with Crippen molar-refractivity contribution in [3.8, 4) is 11.5 Å². The fourth-order valence-electron chi connectivity index (χ4n) is 2.78. The molecule has 0 saturated carbocycles. The van der Waals surface area contributed by atoms with Crippen molar-refractivity contribution in [2.24, 2.45) is 5.92 Å². The van der Waals surface area contributed by atoms with Gasteiger partial charge in [0.2, 0.25) is 0 Å². The van der Waals surface area contributed by atoms with E-state index in [1.54, 1.807) is 7.11 Å². The summed E-state index contributed by atoms with van der Waals surface area (Å²) in [6.45, 7) is 4.78. The number of carboxylic acid groups (broad SMARTS) is 1. The lowest BCUT2D eigenvalue weighted by Crippen LogP contribution is -2.37. The summed E-state index contributed by atoms with van der Waals surface area (Å²) in [5.74, 6) is 0.653. The molecule has 0 aliphatic heterocycles. The second kappa shape index (κ2) is 10.3. The van der Waals surface area contributed by atoms with E-state index in [1.807, 2.05) is 56.3 Å². The third-order valence-corrected chi connectivity index (χ3v) is 4.54. The number of nitrogens with one attached hydrogen (secondary N) is 1. The Morgan fingerprint density at radius 3 is 2.52 bits per heavy atom. The summed E-state index contributed by atoms with van der Waals surface area (Å²) in [4.78, 5) is 11.5. The van der Waals surface area contributed by atoms with Crippen LogP contribution in [0.2, 0.25) is 0 Å². The van der Waals surface area contributed by atoms with E-state index in [2.05, 4.69) is 21.2 Å². The van der Waals surface area contributed by atoms with Crippen molar-refractivity contribution >= 4 is 21.9 Å². The van der Waals surface area contributed by atoms with Gasteiger partial charge in [-0.3, -0.25) is 4.79 Å². The molecule has 2 N–H and O–H groups in total. The van der Waals surface area contributed by atoms with Crippen molar-refractivity contribution in [2.45, 2.75) is 39.5 Å². The lowest BCUT2D eigenvalue weighted by Gasteiger charge is -2.20. The van der Waals surface area contributed by atoms with Gasteiger partial charge in [0.25, 0.3) is 0 Å². The van der Waals surface area contributed by atoms with Crippen LogP contribution in [0.1, 0.15) is 31.4 Å². The number of benzene rings is 2. The Balaban J connectivity index is 2.20. The maximum atomic E-state index is 11.5. The Bertz CT molecular complexity index is 749. The SMILES string of the molecule is COc1cc(Br)cc(CNC(CC(C)C)C(=O)O)c1OCc1ccccc1. The lowest BCUT2D eigenvalue weighted by atomic mass is 10.0. The zero-order valence-corrected chi connectivity index (χ0v) is 17.5. The van der Waals surface area contributed by atoms with E-state index < -0.39 is 12.0 Å². The van der Waals surface area contributed by atoms with Gasteiger partial charge in [-0.15, -0.1) is 0 Å². The first-order valence-corrected chi connectivity index (χ1v) is 9.69. The van der Waals surface area contributed by atoms with Gasteiger partial charge in [0, 0.05) is 16.6 Å². The van der Waals surface area contributed by atoms with Crippen molar-refractivity contribution in [1.82, 2.24) is 5.32 Å². The molecule has 0 spiro atoms. The Hall–Kier alpha value is -2.05. The number of carbonyl (C=O) groups is 1. The second-order valence-electron chi connectivity index (χ2n) is 6.77. The molecule has 2 rings (SSSR count). The highest BCUT2D eigenvalue weighted by Crippen LogP contribution is 2.35. The molecule has 0 aliphatic rings. The van der Waals surface area contributed by atoms with E-state index in [1.165, 1.54) is 0 Å². The molecule has 0 saturated heterocycles. The minimum Gasteiger partial charge on any atom is -0.493 e. The predicted molar refractivity (Wildman–Crippen MR) is 109 cm³/mol. The van der Waals surface area contributed by atoms with Crippen LogP contribution in [0.25, 0.3) is 0 Å². The summed E-state index contributed by atoms with van der Waals surface area (Å²) in [5, 5.41) is 12.6. The molecule has 1 unspecified atom stereocenters. The quantitative estimate of drug-likeness (QED) is 0.569. The van der Waals surface area contributed by atoms with Crippen molar-refractivity contribution < 1.29 is 19.4 Å². The van der Waals surface area contributed by atoms with Crippen molar-refractivity contribution in [2.75, 3.05) is 7.11 Å². The molecule has 0 aromatic heterocycles. The monoisotopic (exact) mass is 435 g/mol. The molecule has 0 heterocycles. The third kappa shape index (κ3) is 6.56. The Morgan fingerprint density at radius 2 is 1.93 bits per heavy atom. The van der Waals surface area contributed by atoms with Gasteiger partial charge in [-0.1, -0.05) is 60.1 Å². The van der Waals surface area contributed by atoms with E-state index in [-0.39, 0.29) is 5.92 Å². The van der Waals surface area contributed by atoms with Gasteiger partial charge in [-0.2, -0.15) is 0 Å². The highest BCUT2D eigenvalue weighted by molar-refractivity contribution is 9.10. The van der Waals surface area contributed by atoms with E-state index >= 15 is 0 Å². The molecule has 27 heavy (non-hydrogen) atoms. The first kappa shape index (κ1) is 21.3. The third-order valence-electron chi connectivity index (χ3n) is 4.09. The van der Waals surface area contributed by atoms with E-state index in [4.69, 9.17) is 9.47 Å². The number of methoxy groups -OCH3 is 1. The largest absolute Gasteiger partial charge is 0.493 e. The Labute approximate surface area is 168 Å². The van der Waals surface area contributed by atoms with E-state index in [0.29, 0.717) is 31.1 Å². The minimum absolute atomic E-state index is 0.282. The Morgan fingerprint density at radius 1 is 1.22 bits per heavy atom. The summed E-state index contributed by atoms with van der Waals surface area (Å²) >= 11 is 3.48. The second-order valence-corrected chi connectivity index (χ2v) is 7.69. The Kier molecular flexibility index (Phi) is 8.13. The molecular weight excluding hydrogens is 410 g/mol. The van der Waals surface area contributed by atoms with Crippen LogP contribution in [-0.2, 0) is 17.9 Å². The minimum atomic E-state index is -0.850. The number of aliphatic carboxylic acids is 1. The van der Waals surface area contributed by atoms with Gasteiger partial charge in [0.05, 0.1) is 7.11 Å². The number of halogens is 1. The first-order valence-electron chi connectivity index (χ1n) is 8.90. The van der Waals surface area contributed by atoms with Gasteiger partial charge in [-0.05, 0) is 30.0 Å². The normalized spacial score (nSPS) is 12.0. The summed E-state index contributed by atoms with van der Waals surface area (Å²) in [6.07, 6.45) is 0.556. The van der Waals surface area contributed by atoms with E-state index in [0.717, 1.165) is 15.6 Å². The molecule has 0 bridgehead atoms. The molecule has 0 fully saturated rings. The molecule has 2 aromatic carbocycles. The molecule has 0 amide bonds. The summed E-state index contributed by atoms with van der Waals surface area (Å²) < 4.78 is 12.4. The molecule has 0 radical (unpaired) electrons. The molecule has 1 atom stereocenters. The summed E-state index contributed by atoms with van der Waals surface area (Å²) in [7, 11) is 1.59. The van der Waals surface area contributed by atoms with Crippen LogP contribution in [0.5, 0.6) is 11.5 Å². The summed E-state index contributed by atoms with van der Waals surface area (Å²) in [6, 6.07) is 13.0. The zero-order chi connectivity index (χ0) is 19.8. The highest BCUT2D eigenvalue weighted by Gasteiger charge is 2.20. The van der Waals surface area contributed by atoms with Crippen molar-refractivity contribution in [3.63, 3.8) is 0 Å². The smallest absolute Gasteiger partial charge is 0.320 e.